The molecule has 0 saturated carbocycles. The Morgan fingerprint density at radius 2 is 1.90 bits per heavy atom. The fourth-order valence-corrected chi connectivity index (χ4v) is 3.31. The van der Waals surface area contributed by atoms with Crippen LogP contribution in [0.15, 0.2) is 47.8 Å². The topological polar surface area (TPSA) is 80.3 Å². The highest BCUT2D eigenvalue weighted by molar-refractivity contribution is 7.09. The minimum Gasteiger partial charge on any atom is -0.486 e. The fourth-order valence-electron chi connectivity index (χ4n) is 2.50. The van der Waals surface area contributed by atoms with Crippen LogP contribution in [0, 0.1) is 11.6 Å². The molecule has 0 aliphatic carbocycles. The maximum Gasteiger partial charge on any atom is 0.271 e. The Bertz CT molecular complexity index is 1060. The van der Waals surface area contributed by atoms with Gasteiger partial charge < -0.3 is 15.4 Å². The summed E-state index contributed by atoms with van der Waals surface area (Å²) >= 11 is 7.03. The second kappa shape index (κ2) is 9.64. The number of aromatic nitrogens is 1. The van der Waals surface area contributed by atoms with Gasteiger partial charge in [-0.3, -0.25) is 9.59 Å². The van der Waals surface area contributed by atoms with Crippen molar-refractivity contribution in [3.05, 3.63) is 80.8 Å². The molecule has 1 unspecified atom stereocenters. The van der Waals surface area contributed by atoms with Gasteiger partial charge in [0, 0.05) is 17.5 Å². The van der Waals surface area contributed by atoms with Gasteiger partial charge in [0.25, 0.3) is 5.91 Å². The fraction of sp³-hybridized carbons (Fsp3) is 0.150. The third-order valence-electron chi connectivity index (χ3n) is 4.02. The molecule has 0 bridgehead atoms. The van der Waals surface area contributed by atoms with E-state index in [0.717, 1.165) is 12.1 Å². The molecular weight excluding hydrogens is 436 g/mol. The number of nitrogens with one attached hydrogen (secondary N) is 2. The van der Waals surface area contributed by atoms with Crippen molar-refractivity contribution in [2.24, 2.45) is 0 Å². The van der Waals surface area contributed by atoms with Crippen molar-refractivity contribution >= 4 is 34.8 Å². The molecule has 2 aromatic carbocycles. The van der Waals surface area contributed by atoms with Gasteiger partial charge in [-0.1, -0.05) is 17.7 Å². The predicted molar refractivity (Wildman–Crippen MR) is 109 cm³/mol. The Hall–Kier alpha value is -3.04. The molecule has 6 nitrogen and oxygen atoms in total. The second-order valence-corrected chi connectivity index (χ2v) is 7.44. The first kappa shape index (κ1) is 21.7. The van der Waals surface area contributed by atoms with Gasteiger partial charge in [0.05, 0.1) is 0 Å². The summed E-state index contributed by atoms with van der Waals surface area (Å²) in [7, 11) is 1.37. The highest BCUT2D eigenvalue weighted by Gasteiger charge is 2.24. The molecule has 1 heterocycles. The number of hydrogen-bond donors (Lipinski definition) is 2. The average Bonchev–Trinajstić information content (AvgIpc) is 3.22. The van der Waals surface area contributed by atoms with E-state index in [4.69, 9.17) is 16.3 Å². The zero-order chi connectivity index (χ0) is 21.7. The summed E-state index contributed by atoms with van der Waals surface area (Å²) in [6.45, 7) is 0.141. The van der Waals surface area contributed by atoms with E-state index >= 15 is 0 Å². The number of ether oxygens (including phenoxy) is 1. The summed E-state index contributed by atoms with van der Waals surface area (Å²) in [6, 6.07) is 8.56. The first-order chi connectivity index (χ1) is 14.4. The first-order valence-electron chi connectivity index (χ1n) is 8.67. The largest absolute Gasteiger partial charge is 0.486 e. The molecule has 10 heteroatoms. The Balaban J connectivity index is 1.69. The van der Waals surface area contributed by atoms with Gasteiger partial charge in [0.15, 0.2) is 11.6 Å². The normalized spacial score (nSPS) is 11.6. The van der Waals surface area contributed by atoms with Gasteiger partial charge in [-0.2, -0.15) is 0 Å². The number of benzene rings is 2. The highest BCUT2D eigenvalue weighted by Crippen LogP contribution is 2.20. The molecule has 3 aromatic rings. The van der Waals surface area contributed by atoms with Gasteiger partial charge in [0.1, 0.15) is 29.1 Å². The summed E-state index contributed by atoms with van der Waals surface area (Å²) < 4.78 is 32.4. The van der Waals surface area contributed by atoms with Crippen LogP contribution in [0.25, 0.3) is 0 Å². The minimum atomic E-state index is -1.21. The van der Waals surface area contributed by atoms with E-state index in [1.165, 1.54) is 29.8 Å². The Labute approximate surface area is 179 Å². The van der Waals surface area contributed by atoms with Gasteiger partial charge in [-0.25, -0.2) is 13.8 Å². The molecule has 0 aliphatic heterocycles. The number of nitrogens with zero attached hydrogens (tertiary/aromatic N) is 1. The molecule has 1 atom stereocenters. The molecule has 2 amide bonds. The van der Waals surface area contributed by atoms with Gasteiger partial charge in [-0.05, 0) is 42.0 Å². The quantitative estimate of drug-likeness (QED) is 0.571. The van der Waals surface area contributed by atoms with E-state index in [0.29, 0.717) is 15.8 Å². The zero-order valence-electron chi connectivity index (χ0n) is 15.6. The molecule has 0 spiro atoms. The standard InChI is InChI=1S/C20H16ClF2N3O3S/c1-24-20(28)18(11-2-7-14(22)15(23)8-11)26-19(27)16-10-30-17(25-16)9-29-13-5-3-12(21)4-6-13/h2-8,10,18H,9H2,1H3,(H,24,28)(H,26,27). The summed E-state index contributed by atoms with van der Waals surface area (Å²) in [5.41, 5.74) is 0.175. The Morgan fingerprint density at radius 1 is 1.17 bits per heavy atom. The first-order valence-corrected chi connectivity index (χ1v) is 9.93. The molecule has 2 N–H and O–H groups in total. The monoisotopic (exact) mass is 451 g/mol. The average molecular weight is 452 g/mol. The van der Waals surface area contributed by atoms with Crippen LogP contribution in [0.2, 0.25) is 5.02 Å². The zero-order valence-corrected chi connectivity index (χ0v) is 17.2. The smallest absolute Gasteiger partial charge is 0.271 e. The van der Waals surface area contributed by atoms with Crippen molar-refractivity contribution < 1.29 is 23.1 Å². The van der Waals surface area contributed by atoms with Crippen LogP contribution in [0.3, 0.4) is 0 Å². The number of carbonyl (C=O) groups is 2. The highest BCUT2D eigenvalue weighted by atomic mass is 35.5. The van der Waals surface area contributed by atoms with Crippen molar-refractivity contribution in [1.29, 1.82) is 0 Å². The lowest BCUT2D eigenvalue weighted by Gasteiger charge is -2.17. The summed E-state index contributed by atoms with van der Waals surface area (Å²) in [5, 5.41) is 7.52. The number of carbonyl (C=O) groups excluding carboxylic acids is 2. The van der Waals surface area contributed by atoms with Crippen molar-refractivity contribution in [2.45, 2.75) is 12.6 Å². The molecule has 30 heavy (non-hydrogen) atoms. The minimum absolute atomic E-state index is 0.0752. The van der Waals surface area contributed by atoms with Crippen LogP contribution in [0.1, 0.15) is 27.1 Å². The van der Waals surface area contributed by atoms with Crippen molar-refractivity contribution in [3.63, 3.8) is 0 Å². The van der Waals surface area contributed by atoms with E-state index in [9.17, 15) is 18.4 Å². The third-order valence-corrected chi connectivity index (χ3v) is 5.10. The SMILES string of the molecule is CNC(=O)C(NC(=O)c1csc(COc2ccc(Cl)cc2)n1)c1ccc(F)c(F)c1. The van der Waals surface area contributed by atoms with Crippen LogP contribution in [-0.4, -0.2) is 23.8 Å². The van der Waals surface area contributed by atoms with E-state index in [-0.39, 0.29) is 17.9 Å². The number of amides is 2. The molecule has 3 rings (SSSR count). The van der Waals surface area contributed by atoms with E-state index < -0.39 is 29.5 Å². The Morgan fingerprint density at radius 3 is 2.57 bits per heavy atom. The maximum absolute atomic E-state index is 13.6. The lowest BCUT2D eigenvalue weighted by Crippen LogP contribution is -2.39. The summed E-state index contributed by atoms with van der Waals surface area (Å²) in [6.07, 6.45) is 0. The van der Waals surface area contributed by atoms with E-state index in [1.54, 1.807) is 24.3 Å². The summed E-state index contributed by atoms with van der Waals surface area (Å²) in [5.74, 6) is -2.80. The van der Waals surface area contributed by atoms with Crippen LogP contribution in [-0.2, 0) is 11.4 Å². The second-order valence-electron chi connectivity index (χ2n) is 6.06. The molecule has 156 valence electrons. The summed E-state index contributed by atoms with van der Waals surface area (Å²) in [4.78, 5) is 28.9. The van der Waals surface area contributed by atoms with Crippen LogP contribution in [0.4, 0.5) is 8.78 Å². The number of likely N-dealkylation sites (N-methyl/N-ethyl adjacent to an activating group) is 1. The number of thiazole rings is 1. The van der Waals surface area contributed by atoms with Crippen molar-refractivity contribution in [3.8, 4) is 5.75 Å². The molecule has 1 aromatic heterocycles. The van der Waals surface area contributed by atoms with Crippen molar-refractivity contribution in [1.82, 2.24) is 15.6 Å². The lowest BCUT2D eigenvalue weighted by molar-refractivity contribution is -0.122. The lowest BCUT2D eigenvalue weighted by atomic mass is 10.1. The van der Waals surface area contributed by atoms with E-state index in [2.05, 4.69) is 15.6 Å². The van der Waals surface area contributed by atoms with Gasteiger partial charge in [0.2, 0.25) is 5.91 Å². The molecule has 0 aliphatic rings. The van der Waals surface area contributed by atoms with Gasteiger partial charge in [-0.15, -0.1) is 11.3 Å². The van der Waals surface area contributed by atoms with E-state index in [1.807, 2.05) is 0 Å². The predicted octanol–water partition coefficient (Wildman–Crippen LogP) is 3.87. The number of halogens is 3. The maximum atomic E-state index is 13.6. The molecule has 0 saturated heterocycles. The molecule has 0 radical (unpaired) electrons. The van der Waals surface area contributed by atoms with Gasteiger partial charge >= 0.3 is 0 Å². The van der Waals surface area contributed by atoms with Crippen LogP contribution < -0.4 is 15.4 Å². The van der Waals surface area contributed by atoms with Crippen LogP contribution in [0.5, 0.6) is 5.75 Å². The van der Waals surface area contributed by atoms with Crippen LogP contribution >= 0.6 is 22.9 Å². The Kier molecular flexibility index (Phi) is 6.96. The molecular formula is C20H16ClF2N3O3S. The van der Waals surface area contributed by atoms with Crippen molar-refractivity contribution in [2.75, 3.05) is 7.05 Å². The molecule has 0 fully saturated rings. The third kappa shape index (κ3) is 5.31. The number of hydrogen-bond acceptors (Lipinski definition) is 5. The number of rotatable bonds is 7.